The molecule has 214 valence electrons. The Bertz CT molecular complexity index is 2250. The van der Waals surface area contributed by atoms with Crippen LogP contribution in [0.15, 0.2) is 158 Å². The van der Waals surface area contributed by atoms with Crippen LogP contribution < -0.4 is 18.6 Å². The summed E-state index contributed by atoms with van der Waals surface area (Å²) in [5.41, 5.74) is 1.88. The Morgan fingerprint density at radius 3 is 1.20 bits per heavy atom. The van der Waals surface area contributed by atoms with Gasteiger partial charge in [0.15, 0.2) is 0 Å². The molecule has 0 N–H and O–H groups in total. The number of hydrogen-bond donors (Lipinski definition) is 0. The van der Waals surface area contributed by atoms with Crippen LogP contribution in [0, 0.1) is 0 Å². The lowest BCUT2D eigenvalue weighted by atomic mass is 9.92. The minimum atomic E-state index is -2.93. The zero-order valence-electron chi connectivity index (χ0n) is 24.2. The summed E-state index contributed by atoms with van der Waals surface area (Å²) in [6.07, 6.45) is 0. The van der Waals surface area contributed by atoms with Gasteiger partial charge in [-0.3, -0.25) is 0 Å². The molecule has 5 heteroatoms. The second-order valence-corrected chi connectivity index (χ2v) is 11.4. The van der Waals surface area contributed by atoms with E-state index in [2.05, 4.69) is 72.8 Å². The van der Waals surface area contributed by atoms with Gasteiger partial charge in [0.25, 0.3) is 0 Å². The molecule has 0 atom stereocenters. The van der Waals surface area contributed by atoms with Crippen LogP contribution in [-0.4, -0.2) is 6.96 Å². The Balaban J connectivity index is 1.29. The largest absolute Gasteiger partial charge is 0.777 e. The van der Waals surface area contributed by atoms with Crippen molar-refractivity contribution in [1.29, 1.82) is 0 Å². The fourth-order valence-corrected chi connectivity index (χ4v) is 6.49. The van der Waals surface area contributed by atoms with E-state index < -0.39 is 6.96 Å². The first-order chi connectivity index (χ1) is 22.2. The Hall–Kier alpha value is -5.94. The third-order valence-electron chi connectivity index (χ3n) is 8.58. The molecule has 1 heterocycles. The first kappa shape index (κ1) is 25.6. The molecule has 0 aliphatic carbocycles. The predicted octanol–water partition coefficient (Wildman–Crippen LogP) is 10.3. The predicted molar refractivity (Wildman–Crippen MR) is 183 cm³/mol. The molecule has 1 aliphatic heterocycles. The van der Waals surface area contributed by atoms with E-state index in [4.69, 9.17) is 18.6 Å². The van der Waals surface area contributed by atoms with Gasteiger partial charge in [-0.1, -0.05) is 121 Å². The second kappa shape index (κ2) is 10.1. The summed E-state index contributed by atoms with van der Waals surface area (Å²) >= 11 is 0. The minimum Gasteiger partial charge on any atom is -0.611 e. The third-order valence-corrected chi connectivity index (χ3v) is 8.58. The van der Waals surface area contributed by atoms with Crippen LogP contribution in [0.5, 0.6) is 23.0 Å². The van der Waals surface area contributed by atoms with Crippen LogP contribution in [-0.2, 0) is 0 Å². The quantitative estimate of drug-likeness (QED) is 0.194. The van der Waals surface area contributed by atoms with Gasteiger partial charge in [0, 0.05) is 11.1 Å². The summed E-state index contributed by atoms with van der Waals surface area (Å²) < 4.78 is 27.4. The van der Waals surface area contributed by atoms with E-state index in [0.717, 1.165) is 54.2 Å². The third kappa shape index (κ3) is 4.40. The maximum atomic E-state index is 6.91. The highest BCUT2D eigenvalue weighted by Crippen LogP contribution is 2.49. The molecule has 4 nitrogen and oxygen atoms in total. The SMILES string of the molecule is c1ccc2cc(O[B-]3(Oc4ccc5ccccc5c4)Oc4ccc5ccccc5c4-c4c(ccc5ccccc45)O3)ccc2c1. The van der Waals surface area contributed by atoms with E-state index >= 15 is 0 Å². The van der Waals surface area contributed by atoms with Gasteiger partial charge >= 0.3 is 6.96 Å². The summed E-state index contributed by atoms with van der Waals surface area (Å²) in [6, 6.07) is 53.0. The van der Waals surface area contributed by atoms with Gasteiger partial charge in [0.1, 0.15) is 0 Å². The molecule has 0 saturated heterocycles. The van der Waals surface area contributed by atoms with Crippen LogP contribution in [0.3, 0.4) is 0 Å². The average molecular weight is 581 g/mol. The first-order valence-electron chi connectivity index (χ1n) is 15.1. The number of fused-ring (bicyclic) bond motifs is 9. The maximum Gasteiger partial charge on any atom is 0.777 e. The number of rotatable bonds is 4. The summed E-state index contributed by atoms with van der Waals surface area (Å²) in [4.78, 5) is 0. The van der Waals surface area contributed by atoms with Gasteiger partial charge in [0.05, 0.1) is 23.0 Å². The van der Waals surface area contributed by atoms with Crippen LogP contribution in [0.25, 0.3) is 54.2 Å². The Morgan fingerprint density at radius 1 is 0.356 bits per heavy atom. The summed E-state index contributed by atoms with van der Waals surface area (Å²) in [7, 11) is 0. The van der Waals surface area contributed by atoms with E-state index in [9.17, 15) is 0 Å². The molecule has 0 bridgehead atoms. The highest BCUT2D eigenvalue weighted by atomic mass is 16.9. The average Bonchev–Trinajstić information content (AvgIpc) is 3.22. The fraction of sp³-hybridized carbons (Fsp3) is 0. The summed E-state index contributed by atoms with van der Waals surface area (Å²) in [5, 5.41) is 8.61. The lowest BCUT2D eigenvalue weighted by molar-refractivity contribution is 0.164. The molecule has 0 radical (unpaired) electrons. The van der Waals surface area contributed by atoms with E-state index in [0.29, 0.717) is 23.0 Å². The Morgan fingerprint density at radius 2 is 0.733 bits per heavy atom. The minimum absolute atomic E-state index is 0.570. The van der Waals surface area contributed by atoms with E-state index in [1.807, 2.05) is 84.9 Å². The van der Waals surface area contributed by atoms with Crippen molar-refractivity contribution in [2.75, 3.05) is 0 Å². The Labute approximate surface area is 260 Å². The standard InChI is InChI=1S/C40H26BO4/c1-3-13-31-25-33(21-17-27(31)9-1)42-41(43-34-22-18-28-10-2-4-14-32(28)26-34)44-37-23-19-29-11-5-7-15-35(29)39(37)40-36-16-8-6-12-30(36)20-24-38(40)45-41/h1-26H/q-1. The van der Waals surface area contributed by atoms with Crippen LogP contribution in [0.2, 0.25) is 0 Å². The number of benzene rings is 8. The molecular formula is C40H26BO4-. The van der Waals surface area contributed by atoms with Crippen LogP contribution in [0.4, 0.5) is 0 Å². The molecule has 8 aromatic carbocycles. The normalized spacial score (nSPS) is 13.4. The Kier molecular flexibility index (Phi) is 5.72. The molecular weight excluding hydrogens is 555 g/mol. The lowest BCUT2D eigenvalue weighted by Crippen LogP contribution is -2.60. The van der Waals surface area contributed by atoms with Gasteiger partial charge in [-0.15, -0.1) is 0 Å². The summed E-state index contributed by atoms with van der Waals surface area (Å²) in [6.45, 7) is -2.93. The van der Waals surface area contributed by atoms with Gasteiger partial charge in [-0.2, -0.15) is 0 Å². The van der Waals surface area contributed by atoms with E-state index in [1.165, 1.54) is 0 Å². The van der Waals surface area contributed by atoms with Gasteiger partial charge in [-0.25, -0.2) is 0 Å². The molecule has 0 amide bonds. The van der Waals surface area contributed by atoms with Gasteiger partial charge < -0.3 is 18.6 Å². The topological polar surface area (TPSA) is 36.9 Å². The van der Waals surface area contributed by atoms with E-state index in [-0.39, 0.29) is 0 Å². The monoisotopic (exact) mass is 581 g/mol. The van der Waals surface area contributed by atoms with Crippen LogP contribution in [0.1, 0.15) is 0 Å². The zero-order chi connectivity index (χ0) is 29.8. The van der Waals surface area contributed by atoms with Crippen molar-refractivity contribution in [3.05, 3.63) is 158 Å². The molecule has 0 fully saturated rings. The highest BCUT2D eigenvalue weighted by molar-refractivity contribution is 6.57. The lowest BCUT2D eigenvalue weighted by Gasteiger charge is -2.40. The van der Waals surface area contributed by atoms with Crippen molar-refractivity contribution in [3.8, 4) is 34.1 Å². The molecule has 9 rings (SSSR count). The highest BCUT2D eigenvalue weighted by Gasteiger charge is 2.46. The zero-order valence-corrected chi connectivity index (χ0v) is 24.2. The fourth-order valence-electron chi connectivity index (χ4n) is 6.49. The molecule has 0 spiro atoms. The molecule has 0 saturated carbocycles. The second-order valence-electron chi connectivity index (χ2n) is 11.4. The molecule has 0 unspecified atom stereocenters. The molecule has 8 aromatic rings. The van der Waals surface area contributed by atoms with Crippen LogP contribution >= 0.6 is 0 Å². The molecule has 1 aliphatic rings. The van der Waals surface area contributed by atoms with Crippen molar-refractivity contribution in [2.24, 2.45) is 0 Å². The first-order valence-corrected chi connectivity index (χ1v) is 15.1. The van der Waals surface area contributed by atoms with E-state index in [1.54, 1.807) is 0 Å². The van der Waals surface area contributed by atoms with Crippen molar-refractivity contribution < 1.29 is 18.6 Å². The molecule has 45 heavy (non-hydrogen) atoms. The van der Waals surface area contributed by atoms with Gasteiger partial charge in [-0.05, 0) is 79.5 Å². The number of hydrogen-bond acceptors (Lipinski definition) is 4. The van der Waals surface area contributed by atoms with Crippen molar-refractivity contribution in [3.63, 3.8) is 0 Å². The van der Waals surface area contributed by atoms with Gasteiger partial charge in [0.2, 0.25) is 0 Å². The van der Waals surface area contributed by atoms with Crippen molar-refractivity contribution >= 4 is 50.0 Å². The smallest absolute Gasteiger partial charge is 0.611 e. The maximum absolute atomic E-state index is 6.91. The summed E-state index contributed by atoms with van der Waals surface area (Å²) in [5.74, 6) is 2.37. The van der Waals surface area contributed by atoms with Crippen molar-refractivity contribution in [1.82, 2.24) is 0 Å². The molecule has 0 aromatic heterocycles. The van der Waals surface area contributed by atoms with Crippen molar-refractivity contribution in [2.45, 2.75) is 0 Å².